The van der Waals surface area contributed by atoms with Crippen LogP contribution in [0.5, 0.6) is 0 Å². The predicted molar refractivity (Wildman–Crippen MR) is 81.2 cm³/mol. The van der Waals surface area contributed by atoms with Gasteiger partial charge in [0.05, 0.1) is 16.3 Å². The highest BCUT2D eigenvalue weighted by molar-refractivity contribution is 7.17. The topological polar surface area (TPSA) is 106 Å². The quantitative estimate of drug-likeness (QED) is 0.611. The van der Waals surface area contributed by atoms with Gasteiger partial charge in [-0.15, -0.1) is 0 Å². The van der Waals surface area contributed by atoms with Crippen molar-refractivity contribution in [1.82, 2.24) is 19.9 Å². The lowest BCUT2D eigenvalue weighted by molar-refractivity contribution is -0.380. The summed E-state index contributed by atoms with van der Waals surface area (Å²) in [6.45, 7) is 4.85. The number of hydrogen-bond donors (Lipinski definition) is 0. The second-order valence-electron chi connectivity index (χ2n) is 5.20. The van der Waals surface area contributed by atoms with Crippen LogP contribution in [0.15, 0.2) is 16.7 Å². The predicted octanol–water partition coefficient (Wildman–Crippen LogP) is 1.31. The minimum Gasteiger partial charge on any atom is -0.338 e. The number of nitro groups is 1. The Hall–Kier alpha value is -2.33. The normalized spacial score (nSPS) is 15.8. The van der Waals surface area contributed by atoms with Crippen molar-refractivity contribution in [2.75, 3.05) is 26.2 Å². The molecule has 23 heavy (non-hydrogen) atoms. The molecule has 0 aliphatic carbocycles. The summed E-state index contributed by atoms with van der Waals surface area (Å²) in [7, 11) is 0. The Morgan fingerprint density at radius 3 is 2.70 bits per heavy atom. The minimum absolute atomic E-state index is 0.0150. The molecule has 1 fully saturated rings. The Morgan fingerprint density at radius 1 is 1.39 bits per heavy atom. The van der Waals surface area contributed by atoms with Crippen molar-refractivity contribution < 1.29 is 14.2 Å². The fraction of sp³-hybridized carbons (Fsp3) is 0.462. The molecule has 3 heterocycles. The number of rotatable bonds is 4. The molecule has 0 N–H and O–H groups in total. The monoisotopic (exact) mass is 337 g/mol. The minimum atomic E-state index is -0.480. The van der Waals surface area contributed by atoms with Gasteiger partial charge in [0.1, 0.15) is 0 Å². The zero-order valence-corrected chi connectivity index (χ0v) is 13.3. The highest BCUT2D eigenvalue weighted by Gasteiger charge is 2.25. The van der Waals surface area contributed by atoms with Gasteiger partial charge in [0, 0.05) is 32.2 Å². The fourth-order valence-corrected chi connectivity index (χ4v) is 3.19. The molecule has 0 aromatic carbocycles. The van der Waals surface area contributed by atoms with Crippen LogP contribution >= 0.6 is 11.3 Å². The van der Waals surface area contributed by atoms with Crippen LogP contribution in [0.4, 0.5) is 5.00 Å². The van der Waals surface area contributed by atoms with Crippen LogP contribution < -0.4 is 0 Å². The van der Waals surface area contributed by atoms with Crippen molar-refractivity contribution in [1.29, 1.82) is 0 Å². The molecule has 1 amide bonds. The van der Waals surface area contributed by atoms with E-state index >= 15 is 0 Å². The SMILES string of the molecule is Cc1noc(CN2CCN(C(=O)c3ccc([N+](=O)[O-])s3)CC2)n1. The number of carbonyl (C=O) groups is 1. The molecule has 0 saturated carbocycles. The molecule has 10 heteroatoms. The molecular weight excluding hydrogens is 322 g/mol. The molecule has 3 rings (SSSR count). The number of aryl methyl sites for hydroxylation is 1. The first-order valence-electron chi connectivity index (χ1n) is 7.08. The van der Waals surface area contributed by atoms with Gasteiger partial charge in [-0.3, -0.25) is 19.8 Å². The van der Waals surface area contributed by atoms with E-state index in [9.17, 15) is 14.9 Å². The highest BCUT2D eigenvalue weighted by atomic mass is 32.1. The van der Waals surface area contributed by atoms with Crippen molar-refractivity contribution in [2.45, 2.75) is 13.5 Å². The van der Waals surface area contributed by atoms with Gasteiger partial charge in [-0.1, -0.05) is 16.5 Å². The van der Waals surface area contributed by atoms with Gasteiger partial charge in [0.25, 0.3) is 5.91 Å². The summed E-state index contributed by atoms with van der Waals surface area (Å²) in [5.74, 6) is 1.01. The first-order valence-corrected chi connectivity index (χ1v) is 7.89. The van der Waals surface area contributed by atoms with Gasteiger partial charge in [-0.05, 0) is 13.0 Å². The van der Waals surface area contributed by atoms with E-state index in [0.717, 1.165) is 11.3 Å². The average Bonchev–Trinajstić information content (AvgIpc) is 3.17. The maximum atomic E-state index is 12.4. The van der Waals surface area contributed by atoms with Crippen LogP contribution in [-0.2, 0) is 6.54 Å². The molecule has 0 bridgehead atoms. The van der Waals surface area contributed by atoms with Crippen LogP contribution in [0.3, 0.4) is 0 Å². The van der Waals surface area contributed by atoms with Gasteiger partial charge in [0.15, 0.2) is 5.82 Å². The molecule has 0 unspecified atom stereocenters. The first kappa shape index (κ1) is 15.6. The Kier molecular flexibility index (Phi) is 4.35. The number of carbonyl (C=O) groups excluding carboxylic acids is 1. The zero-order valence-electron chi connectivity index (χ0n) is 12.5. The van der Waals surface area contributed by atoms with Gasteiger partial charge in [-0.25, -0.2) is 0 Å². The molecule has 0 atom stereocenters. The van der Waals surface area contributed by atoms with E-state index in [4.69, 9.17) is 4.52 Å². The zero-order chi connectivity index (χ0) is 16.4. The molecule has 0 radical (unpaired) electrons. The summed E-state index contributed by atoms with van der Waals surface area (Å²) in [6, 6.07) is 2.88. The second-order valence-corrected chi connectivity index (χ2v) is 6.26. The molecule has 1 aliphatic heterocycles. The van der Waals surface area contributed by atoms with E-state index in [2.05, 4.69) is 15.0 Å². The van der Waals surface area contributed by atoms with Crippen LogP contribution in [0.2, 0.25) is 0 Å². The number of amides is 1. The number of nitrogens with zero attached hydrogens (tertiary/aromatic N) is 5. The van der Waals surface area contributed by atoms with Crippen molar-refractivity contribution in [2.24, 2.45) is 0 Å². The number of hydrogen-bond acceptors (Lipinski definition) is 8. The summed E-state index contributed by atoms with van der Waals surface area (Å²) in [5, 5.41) is 14.4. The maximum Gasteiger partial charge on any atom is 0.324 e. The summed E-state index contributed by atoms with van der Waals surface area (Å²) < 4.78 is 5.09. The number of aromatic nitrogens is 2. The maximum absolute atomic E-state index is 12.4. The molecule has 122 valence electrons. The van der Waals surface area contributed by atoms with Crippen LogP contribution in [0, 0.1) is 17.0 Å². The van der Waals surface area contributed by atoms with Gasteiger partial charge in [0.2, 0.25) is 5.89 Å². The van der Waals surface area contributed by atoms with E-state index in [0.29, 0.717) is 49.3 Å². The molecule has 1 aliphatic rings. The Morgan fingerprint density at radius 2 is 2.13 bits per heavy atom. The molecule has 2 aromatic heterocycles. The molecule has 1 saturated heterocycles. The van der Waals surface area contributed by atoms with Crippen LogP contribution in [-0.4, -0.2) is 56.9 Å². The van der Waals surface area contributed by atoms with Crippen molar-refractivity contribution >= 4 is 22.2 Å². The third kappa shape index (κ3) is 3.54. The lowest BCUT2D eigenvalue weighted by atomic mass is 10.3. The van der Waals surface area contributed by atoms with E-state index < -0.39 is 4.92 Å². The third-order valence-electron chi connectivity index (χ3n) is 3.57. The Labute approximate surface area is 135 Å². The summed E-state index contributed by atoms with van der Waals surface area (Å²) in [6.07, 6.45) is 0. The highest BCUT2D eigenvalue weighted by Crippen LogP contribution is 2.25. The third-order valence-corrected chi connectivity index (χ3v) is 4.60. The standard InChI is InChI=1S/C13H15N5O4S/c1-9-14-11(22-15-9)8-16-4-6-17(7-5-16)13(19)10-2-3-12(23-10)18(20)21/h2-3H,4-8H2,1H3. The second kappa shape index (κ2) is 6.42. The van der Waals surface area contributed by atoms with Crippen molar-refractivity contribution in [3.8, 4) is 0 Å². The van der Waals surface area contributed by atoms with Crippen LogP contribution in [0.25, 0.3) is 0 Å². The van der Waals surface area contributed by atoms with E-state index in [1.807, 2.05) is 0 Å². The van der Waals surface area contributed by atoms with Gasteiger partial charge < -0.3 is 9.42 Å². The summed E-state index contributed by atoms with van der Waals surface area (Å²) in [4.78, 5) is 31.0. The Balaban J connectivity index is 1.55. The Bertz CT molecular complexity index is 720. The molecule has 0 spiro atoms. The van der Waals surface area contributed by atoms with Crippen LogP contribution in [0.1, 0.15) is 21.4 Å². The smallest absolute Gasteiger partial charge is 0.324 e. The van der Waals surface area contributed by atoms with E-state index in [-0.39, 0.29) is 10.9 Å². The molecule has 9 nitrogen and oxygen atoms in total. The van der Waals surface area contributed by atoms with Gasteiger partial charge >= 0.3 is 5.00 Å². The lowest BCUT2D eigenvalue weighted by Gasteiger charge is -2.33. The first-order chi connectivity index (χ1) is 11.0. The average molecular weight is 337 g/mol. The fourth-order valence-electron chi connectivity index (χ4n) is 2.40. The van der Waals surface area contributed by atoms with E-state index in [1.54, 1.807) is 11.8 Å². The number of piperazine rings is 1. The molecule has 2 aromatic rings. The number of thiophene rings is 1. The summed E-state index contributed by atoms with van der Waals surface area (Å²) >= 11 is 0.912. The molecular formula is C13H15N5O4S. The lowest BCUT2D eigenvalue weighted by Crippen LogP contribution is -2.48. The van der Waals surface area contributed by atoms with Crippen molar-refractivity contribution in [3.63, 3.8) is 0 Å². The summed E-state index contributed by atoms with van der Waals surface area (Å²) in [5.41, 5.74) is 0. The van der Waals surface area contributed by atoms with Crippen molar-refractivity contribution in [3.05, 3.63) is 38.8 Å². The largest absolute Gasteiger partial charge is 0.338 e. The van der Waals surface area contributed by atoms with E-state index in [1.165, 1.54) is 12.1 Å². The van der Waals surface area contributed by atoms with Gasteiger partial charge in [-0.2, -0.15) is 4.98 Å².